The van der Waals surface area contributed by atoms with Crippen LogP contribution in [-0.4, -0.2) is 133 Å². The Hall–Kier alpha value is -4.10. The number of rotatable bonds is 31. The second-order valence-electron chi connectivity index (χ2n) is 20.9. The first-order valence-electron chi connectivity index (χ1n) is 28.4. The zero-order valence-electron chi connectivity index (χ0n) is 43.9. The van der Waals surface area contributed by atoms with Crippen molar-refractivity contribution in [2.45, 2.75) is 142 Å². The lowest BCUT2D eigenvalue weighted by atomic mass is 9.92. The number of anilines is 2. The maximum absolute atomic E-state index is 13.3. The molecule has 4 heterocycles. The summed E-state index contributed by atoms with van der Waals surface area (Å²) in [6.07, 6.45) is 25.2. The van der Waals surface area contributed by atoms with E-state index in [1.54, 1.807) is 0 Å². The summed E-state index contributed by atoms with van der Waals surface area (Å²) in [7, 11) is 4.19. The van der Waals surface area contributed by atoms with Gasteiger partial charge in [-0.1, -0.05) is 150 Å². The molecule has 4 aliphatic heterocycles. The third-order valence-corrected chi connectivity index (χ3v) is 18.4. The van der Waals surface area contributed by atoms with Gasteiger partial charge in [0.25, 0.3) is 23.6 Å². The van der Waals surface area contributed by atoms with Crippen molar-refractivity contribution in [3.63, 3.8) is 0 Å². The highest BCUT2D eigenvalue weighted by atomic mass is 33.1. The molecule has 0 atom stereocenters. The van der Waals surface area contributed by atoms with E-state index >= 15 is 0 Å². The highest BCUT2D eigenvalue weighted by Crippen LogP contribution is 2.38. The Kier molecular flexibility index (Phi) is 21.1. The van der Waals surface area contributed by atoms with Crippen LogP contribution in [-0.2, 0) is 0 Å². The molecule has 390 valence electrons. The molecule has 4 aliphatic rings. The van der Waals surface area contributed by atoms with Crippen LogP contribution in [0.3, 0.4) is 0 Å². The van der Waals surface area contributed by atoms with Gasteiger partial charge in [-0.25, -0.2) is 0 Å². The topological polar surface area (TPSA) is 87.7 Å². The maximum Gasteiger partial charge on any atom is 0.261 e. The monoisotopic (exact) mass is 1020 g/mol. The van der Waals surface area contributed by atoms with E-state index in [0.717, 1.165) is 111 Å². The van der Waals surface area contributed by atoms with Gasteiger partial charge >= 0.3 is 0 Å². The van der Waals surface area contributed by atoms with E-state index in [1.807, 2.05) is 36.4 Å². The number of imide groups is 2. The van der Waals surface area contributed by atoms with Gasteiger partial charge in [-0.15, -0.1) is 0 Å². The molecule has 2 fully saturated rings. The van der Waals surface area contributed by atoms with Crippen LogP contribution in [0.4, 0.5) is 11.4 Å². The highest BCUT2D eigenvalue weighted by molar-refractivity contribution is 8.76. The van der Waals surface area contributed by atoms with E-state index in [9.17, 15) is 19.2 Å². The van der Waals surface area contributed by atoms with Gasteiger partial charge in [0, 0.05) is 132 Å². The number of piperazine rings is 2. The van der Waals surface area contributed by atoms with Crippen LogP contribution in [0, 0.1) is 0 Å². The molecule has 0 radical (unpaired) electrons. The molecule has 10 nitrogen and oxygen atoms in total. The fourth-order valence-corrected chi connectivity index (χ4v) is 13.8. The van der Waals surface area contributed by atoms with E-state index < -0.39 is 0 Å². The van der Waals surface area contributed by atoms with Gasteiger partial charge in [0.1, 0.15) is 0 Å². The first-order valence-corrected chi connectivity index (χ1v) is 30.9. The van der Waals surface area contributed by atoms with Gasteiger partial charge in [0.2, 0.25) is 0 Å². The Morgan fingerprint density at radius 2 is 0.694 bits per heavy atom. The van der Waals surface area contributed by atoms with Crippen molar-refractivity contribution in [1.82, 2.24) is 19.6 Å². The molecule has 0 unspecified atom stereocenters. The van der Waals surface area contributed by atoms with Crippen LogP contribution in [0.15, 0.2) is 60.7 Å². The van der Waals surface area contributed by atoms with E-state index in [4.69, 9.17) is 0 Å². The molecule has 0 aromatic heterocycles. The Bertz CT molecular complexity index is 2220. The molecule has 72 heavy (non-hydrogen) atoms. The van der Waals surface area contributed by atoms with E-state index in [-0.39, 0.29) is 23.6 Å². The Morgan fingerprint density at radius 3 is 1.06 bits per heavy atom. The van der Waals surface area contributed by atoms with Gasteiger partial charge in [0.15, 0.2) is 0 Å². The van der Waals surface area contributed by atoms with Crippen molar-refractivity contribution in [2.75, 3.05) is 99.8 Å². The van der Waals surface area contributed by atoms with Gasteiger partial charge < -0.3 is 9.80 Å². The van der Waals surface area contributed by atoms with Gasteiger partial charge in [0.05, 0.1) is 0 Å². The molecular weight excluding hydrogens is 933 g/mol. The second-order valence-corrected chi connectivity index (χ2v) is 23.6. The standard InChI is InChI=1S/C60H84N6O4S2/c1-3-5-35-65-57(67)49-27-23-25-47-53(31-29-51(55(47)49)59(65)69)63-41-37-61(38-42-63)33-19-15-11-7-9-13-17-21-45-71-72-46-22-18-14-10-8-12-16-20-34-62-39-43-64(44-40-62)54-32-30-52-56-48(54)26-24-28-50(56)58(68)66(60(52)70)36-6-4-2/h23-32H,3-22,33-46H2,1-2H3. The number of carbonyl (C=O) groups excluding carboxylic acids is 4. The van der Waals surface area contributed by atoms with Crippen molar-refractivity contribution in [3.8, 4) is 0 Å². The molecule has 8 rings (SSSR count). The number of carbonyl (C=O) groups is 4. The zero-order chi connectivity index (χ0) is 50.1. The third kappa shape index (κ3) is 13.6. The predicted octanol–water partition coefficient (Wildman–Crippen LogP) is 13.4. The molecule has 0 aliphatic carbocycles. The van der Waals surface area contributed by atoms with Crippen LogP contribution in [0.25, 0.3) is 21.5 Å². The van der Waals surface area contributed by atoms with E-state index in [0.29, 0.717) is 35.3 Å². The maximum atomic E-state index is 13.3. The normalized spacial score (nSPS) is 16.6. The summed E-state index contributed by atoms with van der Waals surface area (Å²) in [5, 5.41) is 3.74. The van der Waals surface area contributed by atoms with Gasteiger partial charge in [-0.2, -0.15) is 0 Å². The fourth-order valence-electron chi connectivity index (χ4n) is 11.5. The summed E-state index contributed by atoms with van der Waals surface area (Å²) in [6.45, 7) is 15.6. The minimum atomic E-state index is -0.149. The van der Waals surface area contributed by atoms with Crippen LogP contribution in [0.1, 0.15) is 184 Å². The van der Waals surface area contributed by atoms with Crippen LogP contribution in [0.5, 0.6) is 0 Å². The quantitative estimate of drug-likeness (QED) is 0.0276. The largest absolute Gasteiger partial charge is 0.368 e. The second kappa shape index (κ2) is 28.0. The lowest BCUT2D eigenvalue weighted by molar-refractivity contribution is 0.0593. The molecule has 4 aromatic carbocycles. The lowest BCUT2D eigenvalue weighted by Crippen LogP contribution is -2.46. The van der Waals surface area contributed by atoms with Crippen molar-refractivity contribution >= 4 is 78.1 Å². The molecule has 2 saturated heterocycles. The van der Waals surface area contributed by atoms with Crippen molar-refractivity contribution in [1.29, 1.82) is 0 Å². The summed E-state index contributed by atoms with van der Waals surface area (Å²) in [5.41, 5.74) is 4.96. The average Bonchev–Trinajstić information content (AvgIpc) is 3.41. The number of hydrogen-bond donors (Lipinski definition) is 0. The molecule has 12 heteroatoms. The smallest absolute Gasteiger partial charge is 0.261 e. The summed E-state index contributed by atoms with van der Waals surface area (Å²) in [6, 6.07) is 20.0. The van der Waals surface area contributed by atoms with Crippen LogP contribution in [0.2, 0.25) is 0 Å². The summed E-state index contributed by atoms with van der Waals surface area (Å²) < 4.78 is 0. The number of unbranched alkanes of at least 4 members (excludes halogenated alkanes) is 16. The molecule has 4 aromatic rings. The first kappa shape index (κ1) is 54.2. The minimum absolute atomic E-state index is 0.149. The SMILES string of the molecule is CCCCN1C(=O)c2cccc3c(N4CCN(CCCCCCCCCCSSCCCCCCCCCCN5CCN(c6ccc7c8c(cccc68)C(=O)N(CCCC)C7=O)CC5)CC4)ccc(c23)C1=O. The number of hydrogen-bond acceptors (Lipinski definition) is 10. The fraction of sp³-hybridized carbons (Fsp3) is 0.600. The van der Waals surface area contributed by atoms with Crippen molar-refractivity contribution in [3.05, 3.63) is 82.9 Å². The first-order chi connectivity index (χ1) is 35.4. The molecule has 0 saturated carbocycles. The summed E-state index contributed by atoms with van der Waals surface area (Å²) in [4.78, 5) is 66.3. The Morgan fingerprint density at radius 1 is 0.361 bits per heavy atom. The number of benzene rings is 4. The van der Waals surface area contributed by atoms with Crippen LogP contribution >= 0.6 is 21.6 Å². The predicted molar refractivity (Wildman–Crippen MR) is 305 cm³/mol. The Balaban J connectivity index is 0.574. The van der Waals surface area contributed by atoms with Crippen molar-refractivity contribution in [2.24, 2.45) is 0 Å². The molecule has 0 N–H and O–H groups in total. The summed E-state index contributed by atoms with van der Waals surface area (Å²) >= 11 is 0. The third-order valence-electron chi connectivity index (χ3n) is 15.8. The zero-order valence-corrected chi connectivity index (χ0v) is 45.6. The lowest BCUT2D eigenvalue weighted by Gasteiger charge is -2.37. The number of amides is 4. The molecular formula is C60H84N6O4S2. The van der Waals surface area contributed by atoms with Crippen LogP contribution < -0.4 is 9.80 Å². The summed E-state index contributed by atoms with van der Waals surface area (Å²) in [5.74, 6) is 1.99. The molecule has 0 bridgehead atoms. The molecule has 4 amide bonds. The minimum Gasteiger partial charge on any atom is -0.368 e. The molecule has 0 spiro atoms. The van der Waals surface area contributed by atoms with Gasteiger partial charge in [-0.3, -0.25) is 38.8 Å². The Labute approximate surface area is 439 Å². The highest BCUT2D eigenvalue weighted by Gasteiger charge is 2.35. The van der Waals surface area contributed by atoms with E-state index in [2.05, 4.69) is 79.3 Å². The van der Waals surface area contributed by atoms with Gasteiger partial charge in [-0.05, 0) is 88.0 Å². The van der Waals surface area contributed by atoms with Crippen molar-refractivity contribution < 1.29 is 19.2 Å². The van der Waals surface area contributed by atoms with E-state index in [1.165, 1.54) is 137 Å². The number of nitrogens with zero attached hydrogens (tertiary/aromatic N) is 6. The average molecular weight is 1020 g/mol.